The summed E-state index contributed by atoms with van der Waals surface area (Å²) in [4.78, 5) is 4.41. The molecule has 0 saturated heterocycles. The van der Waals surface area contributed by atoms with Crippen LogP contribution in [0.5, 0.6) is 0 Å². The second-order valence-corrected chi connectivity index (χ2v) is 7.26. The molecule has 0 aliphatic carbocycles. The summed E-state index contributed by atoms with van der Waals surface area (Å²) >= 11 is 0. The van der Waals surface area contributed by atoms with Crippen molar-refractivity contribution in [2.45, 2.75) is 37.9 Å². The Morgan fingerprint density at radius 1 is 1.45 bits per heavy atom. The van der Waals surface area contributed by atoms with Gasteiger partial charge in [0.15, 0.2) is 5.82 Å². The largest absolute Gasteiger partial charge is 0.251 e. The van der Waals surface area contributed by atoms with Crippen LogP contribution in [-0.4, -0.2) is 23.7 Å². The van der Waals surface area contributed by atoms with Crippen molar-refractivity contribution in [3.05, 3.63) is 42.4 Å². The number of pyridine rings is 1. The highest BCUT2D eigenvalue weighted by Crippen LogP contribution is 2.28. The second kappa shape index (κ2) is 5.85. The maximum atomic E-state index is 11.5. The third-order valence-electron chi connectivity index (χ3n) is 3.42. The molecule has 0 fully saturated rings. The summed E-state index contributed by atoms with van der Waals surface area (Å²) in [6, 6.07) is 5.83. The lowest BCUT2D eigenvalue weighted by Gasteiger charge is -2.25. The van der Waals surface area contributed by atoms with Gasteiger partial charge in [-0.3, -0.25) is 5.14 Å². The van der Waals surface area contributed by atoms with Crippen LogP contribution in [0.2, 0.25) is 0 Å². The van der Waals surface area contributed by atoms with E-state index in [2.05, 4.69) is 17.0 Å². The number of hydrogen-bond donors (Lipinski definition) is 1. The number of hydrogen-bond acceptors (Lipinski definition) is 3. The summed E-state index contributed by atoms with van der Waals surface area (Å²) in [6.07, 6.45) is 6.17. The predicted octanol–water partition coefficient (Wildman–Crippen LogP) is 2.16. The molecular formula is C14H20N4OS. The minimum atomic E-state index is -1.33. The molecule has 0 saturated carbocycles. The number of rotatable bonds is 5. The van der Waals surface area contributed by atoms with E-state index in [1.54, 1.807) is 10.9 Å². The summed E-state index contributed by atoms with van der Waals surface area (Å²) in [5, 5.41) is 9.67. The SMILES string of the molecule is C[C@@H](CC(C)(C)S(N)=O)c1ccc(-n2cccn2)nc1. The molecule has 2 N–H and O–H groups in total. The van der Waals surface area contributed by atoms with E-state index in [0.717, 1.165) is 17.8 Å². The van der Waals surface area contributed by atoms with Crippen LogP contribution in [0, 0.1) is 0 Å². The molecule has 0 spiro atoms. The van der Waals surface area contributed by atoms with Gasteiger partial charge in [0, 0.05) is 18.6 Å². The zero-order chi connectivity index (χ0) is 14.8. The average molecular weight is 292 g/mol. The van der Waals surface area contributed by atoms with Crippen LogP contribution in [0.1, 0.15) is 38.7 Å². The van der Waals surface area contributed by atoms with E-state index >= 15 is 0 Å². The molecule has 0 radical (unpaired) electrons. The first-order chi connectivity index (χ1) is 9.40. The standard InChI is InChI=1S/C14H20N4OS/c1-11(9-14(2,3)20(15)19)12-5-6-13(16-10-12)18-8-4-7-17-18/h4-8,10-11H,9,15H2,1-3H3/t11-,20?/m0/s1. The quantitative estimate of drug-likeness (QED) is 0.917. The van der Waals surface area contributed by atoms with Crippen LogP contribution < -0.4 is 5.14 Å². The van der Waals surface area contributed by atoms with Crippen LogP contribution >= 0.6 is 0 Å². The molecule has 0 aliphatic heterocycles. The Hall–Kier alpha value is -1.53. The van der Waals surface area contributed by atoms with Gasteiger partial charge in [-0.1, -0.05) is 13.0 Å². The molecule has 2 heterocycles. The fraction of sp³-hybridized carbons (Fsp3) is 0.429. The van der Waals surface area contributed by atoms with Gasteiger partial charge in [0.25, 0.3) is 0 Å². The number of nitrogens with zero attached hydrogens (tertiary/aromatic N) is 3. The molecule has 2 aromatic rings. The van der Waals surface area contributed by atoms with Crippen molar-refractivity contribution >= 4 is 11.0 Å². The molecule has 2 rings (SSSR count). The Morgan fingerprint density at radius 2 is 2.20 bits per heavy atom. The average Bonchev–Trinajstić information content (AvgIpc) is 2.92. The zero-order valence-electron chi connectivity index (χ0n) is 12.0. The minimum absolute atomic E-state index is 0.247. The number of aromatic nitrogens is 3. The maximum absolute atomic E-state index is 11.5. The van der Waals surface area contributed by atoms with E-state index in [4.69, 9.17) is 5.14 Å². The van der Waals surface area contributed by atoms with E-state index in [1.165, 1.54) is 0 Å². The van der Waals surface area contributed by atoms with E-state index in [9.17, 15) is 4.21 Å². The lowest BCUT2D eigenvalue weighted by molar-refractivity contribution is 0.539. The topological polar surface area (TPSA) is 73.8 Å². The third-order valence-corrected chi connectivity index (χ3v) is 4.68. The van der Waals surface area contributed by atoms with Crippen molar-refractivity contribution < 1.29 is 4.21 Å². The molecule has 20 heavy (non-hydrogen) atoms. The molecule has 108 valence electrons. The minimum Gasteiger partial charge on any atom is -0.251 e. The van der Waals surface area contributed by atoms with Crippen LogP contribution in [0.25, 0.3) is 5.82 Å². The molecule has 2 aromatic heterocycles. The first-order valence-electron chi connectivity index (χ1n) is 6.52. The summed E-state index contributed by atoms with van der Waals surface area (Å²) in [6.45, 7) is 5.94. The van der Waals surface area contributed by atoms with Crippen molar-refractivity contribution in [2.24, 2.45) is 5.14 Å². The fourth-order valence-electron chi connectivity index (χ4n) is 2.17. The first-order valence-corrected chi connectivity index (χ1v) is 7.74. The summed E-state index contributed by atoms with van der Waals surface area (Å²) in [5.41, 5.74) is 1.11. The highest BCUT2D eigenvalue weighted by molar-refractivity contribution is 7.84. The Kier molecular flexibility index (Phi) is 4.35. The predicted molar refractivity (Wildman–Crippen MR) is 80.8 cm³/mol. The Bertz CT molecular complexity index is 578. The Morgan fingerprint density at radius 3 is 2.70 bits per heavy atom. The van der Waals surface area contributed by atoms with Gasteiger partial charge in [-0.2, -0.15) is 5.10 Å². The molecule has 5 nitrogen and oxygen atoms in total. The van der Waals surface area contributed by atoms with E-state index in [1.807, 2.05) is 44.4 Å². The Labute approximate surface area is 121 Å². The second-order valence-electron chi connectivity index (χ2n) is 5.56. The van der Waals surface area contributed by atoms with Gasteiger partial charge in [0.1, 0.15) is 0 Å². The van der Waals surface area contributed by atoms with Crippen molar-refractivity contribution in [1.82, 2.24) is 14.8 Å². The van der Waals surface area contributed by atoms with Crippen molar-refractivity contribution in [1.29, 1.82) is 0 Å². The summed E-state index contributed by atoms with van der Waals surface area (Å²) in [5.74, 6) is 1.03. The van der Waals surface area contributed by atoms with Crippen molar-refractivity contribution in [3.63, 3.8) is 0 Å². The molecule has 0 bridgehead atoms. The van der Waals surface area contributed by atoms with Gasteiger partial charge in [0.05, 0.1) is 15.7 Å². The number of nitrogens with two attached hydrogens (primary N) is 1. The van der Waals surface area contributed by atoms with Gasteiger partial charge >= 0.3 is 0 Å². The van der Waals surface area contributed by atoms with E-state index < -0.39 is 15.7 Å². The summed E-state index contributed by atoms with van der Waals surface area (Å²) < 4.78 is 12.8. The molecule has 0 amide bonds. The van der Waals surface area contributed by atoms with Crippen LogP contribution in [0.4, 0.5) is 0 Å². The maximum Gasteiger partial charge on any atom is 0.153 e. The van der Waals surface area contributed by atoms with Crippen LogP contribution in [0.3, 0.4) is 0 Å². The highest BCUT2D eigenvalue weighted by atomic mass is 32.2. The lowest BCUT2D eigenvalue weighted by atomic mass is 9.92. The summed E-state index contributed by atoms with van der Waals surface area (Å²) in [7, 11) is -1.33. The van der Waals surface area contributed by atoms with Gasteiger partial charge in [0.2, 0.25) is 0 Å². The van der Waals surface area contributed by atoms with Crippen molar-refractivity contribution in [3.8, 4) is 5.82 Å². The van der Waals surface area contributed by atoms with Gasteiger partial charge in [-0.15, -0.1) is 0 Å². The lowest BCUT2D eigenvalue weighted by Crippen LogP contribution is -2.33. The normalized spacial score (nSPS) is 15.0. The highest BCUT2D eigenvalue weighted by Gasteiger charge is 2.26. The van der Waals surface area contributed by atoms with E-state index in [-0.39, 0.29) is 5.92 Å². The van der Waals surface area contributed by atoms with Crippen molar-refractivity contribution in [2.75, 3.05) is 0 Å². The van der Waals surface area contributed by atoms with Crippen LogP contribution in [-0.2, 0) is 11.0 Å². The van der Waals surface area contributed by atoms with Gasteiger partial charge in [-0.05, 0) is 43.9 Å². The molecule has 0 aromatic carbocycles. The first kappa shape index (κ1) is 14.9. The Balaban J connectivity index is 2.12. The third kappa shape index (κ3) is 3.32. The fourth-order valence-corrected chi connectivity index (χ4v) is 2.58. The van der Waals surface area contributed by atoms with Gasteiger partial charge in [-0.25, -0.2) is 13.9 Å². The zero-order valence-corrected chi connectivity index (χ0v) is 12.8. The molecule has 1 unspecified atom stereocenters. The van der Waals surface area contributed by atoms with E-state index in [0.29, 0.717) is 0 Å². The van der Waals surface area contributed by atoms with Gasteiger partial charge < -0.3 is 0 Å². The van der Waals surface area contributed by atoms with Crippen LogP contribution in [0.15, 0.2) is 36.8 Å². The smallest absolute Gasteiger partial charge is 0.153 e. The molecular weight excluding hydrogens is 272 g/mol. The molecule has 2 atom stereocenters. The monoisotopic (exact) mass is 292 g/mol. The molecule has 6 heteroatoms. The molecule has 0 aliphatic rings.